The van der Waals surface area contributed by atoms with Crippen molar-refractivity contribution in [2.45, 2.75) is 44.1 Å². The summed E-state index contributed by atoms with van der Waals surface area (Å²) >= 11 is 0. The summed E-state index contributed by atoms with van der Waals surface area (Å²) in [6, 6.07) is 5.95. The van der Waals surface area contributed by atoms with Gasteiger partial charge in [-0.05, 0) is 38.8 Å². The van der Waals surface area contributed by atoms with Crippen molar-refractivity contribution in [3.8, 4) is 0 Å². The number of piperidine rings is 1. The zero-order valence-corrected chi connectivity index (χ0v) is 15.3. The van der Waals surface area contributed by atoms with Crippen molar-refractivity contribution < 1.29 is 22.7 Å². The Kier molecular flexibility index (Phi) is 6.55. The van der Waals surface area contributed by atoms with Crippen molar-refractivity contribution in [3.63, 3.8) is 0 Å². The number of ether oxygens (including phenoxy) is 1. The number of carbonyl (C=O) groups is 2. The zero-order valence-electron chi connectivity index (χ0n) is 14.5. The molecule has 1 aliphatic rings. The number of rotatable bonds is 6. The van der Waals surface area contributed by atoms with Gasteiger partial charge in [-0.25, -0.2) is 13.2 Å². The lowest BCUT2D eigenvalue weighted by molar-refractivity contribution is -0.128. The van der Waals surface area contributed by atoms with Crippen LogP contribution in [-0.4, -0.2) is 50.3 Å². The maximum absolute atomic E-state index is 12.9. The molecule has 0 spiro atoms. The van der Waals surface area contributed by atoms with E-state index in [1.54, 1.807) is 19.1 Å². The average Bonchev–Trinajstić information content (AvgIpc) is 2.62. The van der Waals surface area contributed by atoms with Gasteiger partial charge in [0.15, 0.2) is 6.10 Å². The van der Waals surface area contributed by atoms with Gasteiger partial charge in [-0.1, -0.05) is 18.6 Å². The number of hydrogen-bond donors (Lipinski definition) is 1. The molecule has 8 heteroatoms. The lowest BCUT2D eigenvalue weighted by atomic mass is 10.2. The van der Waals surface area contributed by atoms with Gasteiger partial charge < -0.3 is 10.1 Å². The van der Waals surface area contributed by atoms with Crippen molar-refractivity contribution in [1.29, 1.82) is 0 Å². The first-order valence-corrected chi connectivity index (χ1v) is 9.89. The summed E-state index contributed by atoms with van der Waals surface area (Å²) in [4.78, 5) is 24.1. The quantitative estimate of drug-likeness (QED) is 0.769. The van der Waals surface area contributed by atoms with E-state index in [-0.39, 0.29) is 10.5 Å². The largest absolute Gasteiger partial charge is 0.449 e. The summed E-state index contributed by atoms with van der Waals surface area (Å²) in [5.41, 5.74) is -0.0516. The highest BCUT2D eigenvalue weighted by atomic mass is 32.2. The molecule has 0 aliphatic carbocycles. The number of benzene rings is 1. The Morgan fingerprint density at radius 2 is 1.84 bits per heavy atom. The molecule has 1 aromatic carbocycles. The van der Waals surface area contributed by atoms with Gasteiger partial charge in [-0.2, -0.15) is 4.31 Å². The molecule has 0 unspecified atom stereocenters. The van der Waals surface area contributed by atoms with E-state index in [1.807, 2.05) is 0 Å². The van der Waals surface area contributed by atoms with Gasteiger partial charge in [-0.3, -0.25) is 4.79 Å². The molecular formula is C17H24N2O5S. The van der Waals surface area contributed by atoms with Crippen molar-refractivity contribution in [3.05, 3.63) is 29.8 Å². The third-order valence-corrected chi connectivity index (χ3v) is 6.00. The van der Waals surface area contributed by atoms with E-state index in [2.05, 4.69) is 5.32 Å². The van der Waals surface area contributed by atoms with Crippen LogP contribution in [0.4, 0.5) is 0 Å². The molecule has 1 amide bonds. The molecule has 1 saturated heterocycles. The van der Waals surface area contributed by atoms with Crippen LogP contribution in [0.3, 0.4) is 0 Å². The summed E-state index contributed by atoms with van der Waals surface area (Å²) < 4.78 is 32.3. The van der Waals surface area contributed by atoms with Gasteiger partial charge in [0.05, 0.1) is 10.5 Å². The SMILES string of the molecule is CCNC(=O)[C@H](C)OC(=O)c1ccccc1S(=O)(=O)N1CCCCC1. The standard InChI is InChI=1S/C17H24N2O5S/c1-3-18-16(20)13(2)24-17(21)14-9-5-6-10-15(14)25(22,23)19-11-7-4-8-12-19/h5-6,9-10,13H,3-4,7-8,11-12H2,1-2H3,(H,18,20)/t13-/m0/s1. The minimum atomic E-state index is -3.77. The third-order valence-electron chi connectivity index (χ3n) is 4.04. The molecule has 2 rings (SSSR count). The summed E-state index contributed by atoms with van der Waals surface area (Å²) in [6.45, 7) is 4.51. The number of likely N-dealkylation sites (N-methyl/N-ethyl adjacent to an activating group) is 1. The number of amides is 1. The predicted molar refractivity (Wildman–Crippen MR) is 92.6 cm³/mol. The first-order chi connectivity index (χ1) is 11.9. The van der Waals surface area contributed by atoms with Crippen molar-refractivity contribution in [2.75, 3.05) is 19.6 Å². The molecule has 1 aromatic rings. The van der Waals surface area contributed by atoms with Crippen LogP contribution in [0.2, 0.25) is 0 Å². The molecule has 1 atom stereocenters. The Morgan fingerprint density at radius 1 is 1.20 bits per heavy atom. The molecule has 0 radical (unpaired) electrons. The molecule has 0 saturated carbocycles. The normalized spacial score (nSPS) is 16.9. The number of sulfonamides is 1. The number of nitrogens with one attached hydrogen (secondary N) is 1. The van der Waals surface area contributed by atoms with Crippen LogP contribution in [0.5, 0.6) is 0 Å². The number of carbonyl (C=O) groups excluding carboxylic acids is 2. The van der Waals surface area contributed by atoms with Crippen LogP contribution in [0.1, 0.15) is 43.5 Å². The summed E-state index contributed by atoms with van der Waals surface area (Å²) in [7, 11) is -3.77. The van der Waals surface area contributed by atoms with E-state index in [0.29, 0.717) is 19.6 Å². The number of hydrogen-bond acceptors (Lipinski definition) is 5. The molecule has 0 bridgehead atoms. The summed E-state index contributed by atoms with van der Waals surface area (Å²) in [6.07, 6.45) is 1.61. The fourth-order valence-corrected chi connectivity index (χ4v) is 4.40. The van der Waals surface area contributed by atoms with Crippen LogP contribution in [0.15, 0.2) is 29.2 Å². The van der Waals surface area contributed by atoms with E-state index in [1.165, 1.54) is 23.4 Å². The van der Waals surface area contributed by atoms with Crippen LogP contribution in [0.25, 0.3) is 0 Å². The monoisotopic (exact) mass is 368 g/mol. The third kappa shape index (κ3) is 4.58. The molecule has 138 valence electrons. The summed E-state index contributed by atoms with van der Waals surface area (Å²) in [5, 5.41) is 2.56. The van der Waals surface area contributed by atoms with Gasteiger partial charge in [0, 0.05) is 19.6 Å². The fourth-order valence-electron chi connectivity index (χ4n) is 2.70. The average molecular weight is 368 g/mol. The maximum Gasteiger partial charge on any atom is 0.340 e. The maximum atomic E-state index is 12.9. The second-order valence-electron chi connectivity index (χ2n) is 5.90. The van der Waals surface area contributed by atoms with Gasteiger partial charge in [0.25, 0.3) is 5.91 Å². The molecular weight excluding hydrogens is 344 g/mol. The Labute approximate surface area is 148 Å². The Morgan fingerprint density at radius 3 is 2.48 bits per heavy atom. The predicted octanol–water partition coefficient (Wildman–Crippen LogP) is 1.54. The number of nitrogens with zero attached hydrogens (tertiary/aromatic N) is 1. The molecule has 7 nitrogen and oxygen atoms in total. The van der Waals surface area contributed by atoms with E-state index in [4.69, 9.17) is 4.74 Å². The minimum absolute atomic E-state index is 0.0516. The molecule has 1 aliphatic heterocycles. The number of esters is 1. The minimum Gasteiger partial charge on any atom is -0.449 e. The molecule has 1 fully saturated rings. The van der Waals surface area contributed by atoms with Crippen molar-refractivity contribution >= 4 is 21.9 Å². The summed E-state index contributed by atoms with van der Waals surface area (Å²) in [5.74, 6) is -1.25. The van der Waals surface area contributed by atoms with E-state index in [0.717, 1.165) is 19.3 Å². The lowest BCUT2D eigenvalue weighted by Crippen LogP contribution is -2.37. The first-order valence-electron chi connectivity index (χ1n) is 8.45. The fraction of sp³-hybridized carbons (Fsp3) is 0.529. The zero-order chi connectivity index (χ0) is 18.4. The lowest BCUT2D eigenvalue weighted by Gasteiger charge is -2.26. The Hall–Kier alpha value is -1.93. The van der Waals surface area contributed by atoms with Gasteiger partial charge in [0.2, 0.25) is 10.0 Å². The van der Waals surface area contributed by atoms with E-state index >= 15 is 0 Å². The van der Waals surface area contributed by atoms with Crippen LogP contribution >= 0.6 is 0 Å². The van der Waals surface area contributed by atoms with Gasteiger partial charge >= 0.3 is 5.97 Å². The van der Waals surface area contributed by atoms with Gasteiger partial charge in [-0.15, -0.1) is 0 Å². The second kappa shape index (κ2) is 8.44. The van der Waals surface area contributed by atoms with Crippen molar-refractivity contribution in [2.24, 2.45) is 0 Å². The Balaban J connectivity index is 2.25. The van der Waals surface area contributed by atoms with Crippen molar-refractivity contribution in [1.82, 2.24) is 9.62 Å². The van der Waals surface area contributed by atoms with Crippen LogP contribution < -0.4 is 5.32 Å². The van der Waals surface area contributed by atoms with E-state index < -0.39 is 28.0 Å². The highest BCUT2D eigenvalue weighted by Gasteiger charge is 2.31. The smallest absolute Gasteiger partial charge is 0.340 e. The van der Waals surface area contributed by atoms with E-state index in [9.17, 15) is 18.0 Å². The molecule has 1 N–H and O–H groups in total. The Bertz CT molecular complexity index is 726. The highest BCUT2D eigenvalue weighted by molar-refractivity contribution is 7.89. The van der Waals surface area contributed by atoms with Crippen LogP contribution in [0, 0.1) is 0 Å². The molecule has 0 aromatic heterocycles. The second-order valence-corrected chi connectivity index (χ2v) is 7.81. The molecule has 25 heavy (non-hydrogen) atoms. The van der Waals surface area contributed by atoms with Crippen LogP contribution in [-0.2, 0) is 19.6 Å². The highest BCUT2D eigenvalue weighted by Crippen LogP contribution is 2.24. The topological polar surface area (TPSA) is 92.8 Å². The van der Waals surface area contributed by atoms with Gasteiger partial charge in [0.1, 0.15) is 0 Å². The first kappa shape index (κ1) is 19.4. The molecule has 1 heterocycles.